The van der Waals surface area contributed by atoms with Crippen molar-refractivity contribution in [2.75, 3.05) is 125 Å². The van der Waals surface area contributed by atoms with Crippen molar-refractivity contribution in [1.82, 2.24) is 5.32 Å². The number of rotatable bonds is 30. The molecule has 0 aromatic heterocycles. The SMILES string of the molecule is CC(C)(C)OC(=O)CCOCCOCCOCCOCCNCCOCCOCCOCCOCCN=[N+]=[N-]. The number of carbonyl (C=O) groups excluding carboxylic acids is 1. The Morgan fingerprint density at radius 1 is 0.615 bits per heavy atom. The number of hydrogen-bond donors (Lipinski definition) is 1. The standard InChI is InChI=1S/C25H50N4O10/c1-25(2,3)39-24(30)4-8-31-12-16-35-20-21-36-17-13-32-9-5-27-6-10-33-14-18-37-22-23-38-19-15-34-11-7-28-29-26/h27H,4-23H2,1-3H3. The average molecular weight is 567 g/mol. The van der Waals surface area contributed by atoms with Crippen molar-refractivity contribution in [2.45, 2.75) is 32.8 Å². The largest absolute Gasteiger partial charge is 0.460 e. The molecule has 0 spiro atoms. The third-order valence-corrected chi connectivity index (χ3v) is 4.35. The van der Waals surface area contributed by atoms with E-state index in [0.29, 0.717) is 112 Å². The van der Waals surface area contributed by atoms with E-state index in [-0.39, 0.29) is 12.4 Å². The van der Waals surface area contributed by atoms with Crippen LogP contribution in [0.5, 0.6) is 0 Å². The topological polar surface area (TPSA) is 161 Å². The summed E-state index contributed by atoms with van der Waals surface area (Å²) < 4.78 is 48.4. The van der Waals surface area contributed by atoms with Crippen molar-refractivity contribution in [3.63, 3.8) is 0 Å². The Kier molecular flexibility index (Phi) is 28.2. The summed E-state index contributed by atoms with van der Waals surface area (Å²) in [7, 11) is 0. The van der Waals surface area contributed by atoms with E-state index in [1.165, 1.54) is 0 Å². The number of azide groups is 1. The van der Waals surface area contributed by atoms with Gasteiger partial charge < -0.3 is 47.9 Å². The van der Waals surface area contributed by atoms with Crippen LogP contribution in [0.4, 0.5) is 0 Å². The van der Waals surface area contributed by atoms with Crippen LogP contribution in [0.25, 0.3) is 10.4 Å². The van der Waals surface area contributed by atoms with Crippen LogP contribution in [0.3, 0.4) is 0 Å². The molecule has 0 saturated carbocycles. The van der Waals surface area contributed by atoms with Crippen molar-refractivity contribution < 1.29 is 47.4 Å². The van der Waals surface area contributed by atoms with Crippen LogP contribution in [0.2, 0.25) is 0 Å². The molecule has 0 radical (unpaired) electrons. The van der Waals surface area contributed by atoms with Gasteiger partial charge >= 0.3 is 5.97 Å². The van der Waals surface area contributed by atoms with Gasteiger partial charge in [-0.1, -0.05) is 5.11 Å². The molecular formula is C25H50N4O10. The Labute approximate surface area is 232 Å². The summed E-state index contributed by atoms with van der Waals surface area (Å²) in [6.07, 6.45) is 0.235. The highest BCUT2D eigenvalue weighted by Gasteiger charge is 2.15. The van der Waals surface area contributed by atoms with Crippen molar-refractivity contribution in [2.24, 2.45) is 5.11 Å². The molecule has 0 heterocycles. The van der Waals surface area contributed by atoms with Gasteiger partial charge in [-0.3, -0.25) is 4.79 Å². The summed E-state index contributed by atoms with van der Waals surface area (Å²) in [5.41, 5.74) is 7.65. The van der Waals surface area contributed by atoms with E-state index in [1.54, 1.807) is 0 Å². The van der Waals surface area contributed by atoms with Crippen LogP contribution in [0.1, 0.15) is 27.2 Å². The zero-order chi connectivity index (χ0) is 28.7. The number of nitrogens with one attached hydrogen (secondary N) is 1. The van der Waals surface area contributed by atoms with Gasteiger partial charge in [-0.05, 0) is 26.3 Å². The minimum absolute atomic E-state index is 0.235. The summed E-state index contributed by atoms with van der Waals surface area (Å²) in [6.45, 7) is 15.1. The Hall–Kier alpha value is -1.58. The minimum atomic E-state index is -0.470. The quantitative estimate of drug-likeness (QED) is 0.0443. The van der Waals surface area contributed by atoms with Gasteiger partial charge in [0.15, 0.2) is 0 Å². The predicted octanol–water partition coefficient (Wildman–Crippen LogP) is 1.75. The van der Waals surface area contributed by atoms with Crippen molar-refractivity contribution in [3.8, 4) is 0 Å². The zero-order valence-corrected chi connectivity index (χ0v) is 24.1. The first kappa shape index (κ1) is 37.4. The minimum Gasteiger partial charge on any atom is -0.460 e. The lowest BCUT2D eigenvalue weighted by Crippen LogP contribution is -2.25. The summed E-state index contributed by atoms with van der Waals surface area (Å²) in [5, 5.41) is 6.61. The first-order valence-electron chi connectivity index (χ1n) is 13.5. The lowest BCUT2D eigenvalue weighted by molar-refractivity contribution is -0.156. The van der Waals surface area contributed by atoms with Gasteiger partial charge in [0.2, 0.25) is 0 Å². The normalized spacial score (nSPS) is 11.5. The third-order valence-electron chi connectivity index (χ3n) is 4.35. The van der Waals surface area contributed by atoms with Gasteiger partial charge in [-0.2, -0.15) is 0 Å². The third kappa shape index (κ3) is 34.4. The number of hydrogen-bond acceptors (Lipinski definition) is 12. The molecule has 0 aromatic rings. The summed E-state index contributed by atoms with van der Waals surface area (Å²) in [6, 6.07) is 0. The second-order valence-electron chi connectivity index (χ2n) is 8.94. The van der Waals surface area contributed by atoms with Gasteiger partial charge in [-0.15, -0.1) is 0 Å². The maximum Gasteiger partial charge on any atom is 0.308 e. The second kappa shape index (κ2) is 29.4. The first-order valence-corrected chi connectivity index (χ1v) is 13.5. The van der Waals surface area contributed by atoms with E-state index in [1.807, 2.05) is 20.8 Å². The predicted molar refractivity (Wildman–Crippen MR) is 144 cm³/mol. The van der Waals surface area contributed by atoms with Crippen molar-refractivity contribution in [3.05, 3.63) is 10.4 Å². The zero-order valence-electron chi connectivity index (χ0n) is 24.1. The smallest absolute Gasteiger partial charge is 0.308 e. The molecule has 0 rings (SSSR count). The Morgan fingerprint density at radius 2 is 0.974 bits per heavy atom. The molecule has 0 bridgehead atoms. The van der Waals surface area contributed by atoms with E-state index >= 15 is 0 Å². The van der Waals surface area contributed by atoms with Gasteiger partial charge in [0.05, 0.1) is 112 Å². The fraction of sp³-hybridized carbons (Fsp3) is 0.960. The van der Waals surface area contributed by atoms with Gasteiger partial charge in [0, 0.05) is 24.5 Å². The highest BCUT2D eigenvalue weighted by molar-refractivity contribution is 5.69. The molecule has 14 heteroatoms. The van der Waals surface area contributed by atoms with E-state index in [2.05, 4.69) is 15.3 Å². The molecule has 0 aliphatic carbocycles. The molecule has 14 nitrogen and oxygen atoms in total. The molecule has 0 saturated heterocycles. The fourth-order valence-corrected chi connectivity index (χ4v) is 2.64. The first-order chi connectivity index (χ1) is 19.0. The molecule has 0 fully saturated rings. The van der Waals surface area contributed by atoms with Crippen LogP contribution in [-0.2, 0) is 47.4 Å². The van der Waals surface area contributed by atoms with Crippen molar-refractivity contribution >= 4 is 5.97 Å². The second-order valence-corrected chi connectivity index (χ2v) is 8.94. The van der Waals surface area contributed by atoms with Crippen LogP contribution in [0, 0.1) is 0 Å². The molecule has 230 valence electrons. The van der Waals surface area contributed by atoms with E-state index in [0.717, 1.165) is 13.1 Å². The monoisotopic (exact) mass is 566 g/mol. The van der Waals surface area contributed by atoms with Crippen molar-refractivity contribution in [1.29, 1.82) is 0 Å². The molecule has 0 aliphatic heterocycles. The maximum atomic E-state index is 11.5. The van der Waals surface area contributed by atoms with Crippen LogP contribution >= 0.6 is 0 Å². The lowest BCUT2D eigenvalue weighted by atomic mass is 10.2. The molecular weight excluding hydrogens is 516 g/mol. The Morgan fingerprint density at radius 3 is 1.36 bits per heavy atom. The average Bonchev–Trinajstić information content (AvgIpc) is 2.88. The number of esters is 1. The highest BCUT2D eigenvalue weighted by atomic mass is 16.6. The number of carbonyl (C=O) groups is 1. The summed E-state index contributed by atoms with van der Waals surface area (Å²) in [4.78, 5) is 14.2. The molecule has 0 amide bonds. The maximum absolute atomic E-state index is 11.5. The Bertz CT molecular complexity index is 590. The summed E-state index contributed by atoms with van der Waals surface area (Å²) >= 11 is 0. The lowest BCUT2D eigenvalue weighted by Gasteiger charge is -2.19. The Balaban J connectivity index is 3.10. The van der Waals surface area contributed by atoms with Crippen LogP contribution < -0.4 is 5.32 Å². The van der Waals surface area contributed by atoms with Crippen LogP contribution in [-0.4, -0.2) is 137 Å². The molecule has 0 aliphatic rings. The number of nitrogens with zero attached hydrogens (tertiary/aromatic N) is 3. The molecule has 0 atom stereocenters. The van der Waals surface area contributed by atoms with E-state index < -0.39 is 5.60 Å². The number of ether oxygens (including phenoxy) is 9. The summed E-state index contributed by atoms with van der Waals surface area (Å²) in [5.74, 6) is -0.263. The molecule has 0 unspecified atom stereocenters. The van der Waals surface area contributed by atoms with Gasteiger partial charge in [0.25, 0.3) is 0 Å². The fourth-order valence-electron chi connectivity index (χ4n) is 2.64. The molecule has 1 N–H and O–H groups in total. The van der Waals surface area contributed by atoms with E-state index in [4.69, 9.17) is 48.2 Å². The van der Waals surface area contributed by atoms with Crippen LogP contribution in [0.15, 0.2) is 5.11 Å². The molecule has 39 heavy (non-hydrogen) atoms. The van der Waals surface area contributed by atoms with Gasteiger partial charge in [-0.25, -0.2) is 0 Å². The molecule has 0 aromatic carbocycles. The highest BCUT2D eigenvalue weighted by Crippen LogP contribution is 2.08. The van der Waals surface area contributed by atoms with E-state index in [9.17, 15) is 4.79 Å². The van der Waals surface area contributed by atoms with Gasteiger partial charge in [0.1, 0.15) is 5.60 Å².